The molecule has 1 nitrogen and oxygen atoms in total. The standard InChI is InChI=1S/C15H16FNS/c1-12(11-17-14-7-3-2-4-8-14)18-15-9-5-6-13(16)10-15/h2-10,12,17H,11H2,1H3. The molecule has 1 atom stereocenters. The molecule has 1 unspecified atom stereocenters. The lowest BCUT2D eigenvalue weighted by molar-refractivity contribution is 0.624. The number of hydrogen-bond acceptors (Lipinski definition) is 2. The summed E-state index contributed by atoms with van der Waals surface area (Å²) in [7, 11) is 0. The Morgan fingerprint density at radius 1 is 1.11 bits per heavy atom. The van der Waals surface area contributed by atoms with Crippen LogP contribution in [0, 0.1) is 5.82 Å². The van der Waals surface area contributed by atoms with Crippen LogP contribution in [0.15, 0.2) is 59.5 Å². The van der Waals surface area contributed by atoms with Crippen LogP contribution in [0.25, 0.3) is 0 Å². The Balaban J connectivity index is 1.84. The van der Waals surface area contributed by atoms with Crippen LogP contribution in [0.2, 0.25) is 0 Å². The van der Waals surface area contributed by atoms with Crippen LogP contribution in [0.1, 0.15) is 6.92 Å². The predicted molar refractivity (Wildman–Crippen MR) is 76.7 cm³/mol. The molecule has 0 fully saturated rings. The van der Waals surface area contributed by atoms with Crippen molar-refractivity contribution in [1.82, 2.24) is 0 Å². The summed E-state index contributed by atoms with van der Waals surface area (Å²) in [5.41, 5.74) is 1.11. The molecular formula is C15H16FNS. The Bertz CT molecular complexity index is 487. The van der Waals surface area contributed by atoms with E-state index in [1.54, 1.807) is 23.9 Å². The summed E-state index contributed by atoms with van der Waals surface area (Å²) in [6, 6.07) is 16.8. The number of hydrogen-bond donors (Lipinski definition) is 1. The maximum absolute atomic E-state index is 13.0. The molecule has 0 aromatic heterocycles. The molecule has 2 aromatic rings. The number of thioether (sulfide) groups is 1. The van der Waals surface area contributed by atoms with Gasteiger partial charge in [-0.15, -0.1) is 11.8 Å². The van der Waals surface area contributed by atoms with Gasteiger partial charge >= 0.3 is 0 Å². The molecule has 0 amide bonds. The third-order valence-corrected chi connectivity index (χ3v) is 3.60. The summed E-state index contributed by atoms with van der Waals surface area (Å²) in [6.45, 7) is 2.98. The lowest BCUT2D eigenvalue weighted by Gasteiger charge is -2.13. The van der Waals surface area contributed by atoms with E-state index in [9.17, 15) is 4.39 Å². The van der Waals surface area contributed by atoms with Crippen LogP contribution < -0.4 is 5.32 Å². The first-order valence-electron chi connectivity index (χ1n) is 5.95. The van der Waals surface area contributed by atoms with E-state index in [4.69, 9.17) is 0 Å². The van der Waals surface area contributed by atoms with Gasteiger partial charge in [-0.1, -0.05) is 31.2 Å². The van der Waals surface area contributed by atoms with E-state index >= 15 is 0 Å². The quantitative estimate of drug-likeness (QED) is 0.800. The second kappa shape index (κ2) is 6.45. The molecule has 0 saturated heterocycles. The molecule has 94 valence electrons. The second-order valence-electron chi connectivity index (χ2n) is 4.13. The molecule has 0 bridgehead atoms. The topological polar surface area (TPSA) is 12.0 Å². The highest BCUT2D eigenvalue weighted by molar-refractivity contribution is 8.00. The molecule has 0 heterocycles. The molecule has 1 N–H and O–H groups in total. The fraction of sp³-hybridized carbons (Fsp3) is 0.200. The number of para-hydroxylation sites is 1. The highest BCUT2D eigenvalue weighted by atomic mass is 32.2. The monoisotopic (exact) mass is 261 g/mol. The lowest BCUT2D eigenvalue weighted by Crippen LogP contribution is -2.12. The average molecular weight is 261 g/mol. The summed E-state index contributed by atoms with van der Waals surface area (Å²) in [4.78, 5) is 0.970. The van der Waals surface area contributed by atoms with Crippen molar-refractivity contribution in [2.45, 2.75) is 17.1 Å². The average Bonchev–Trinajstić information content (AvgIpc) is 2.38. The van der Waals surface area contributed by atoms with Gasteiger partial charge in [0.25, 0.3) is 0 Å². The van der Waals surface area contributed by atoms with Crippen molar-refractivity contribution in [2.24, 2.45) is 0 Å². The van der Waals surface area contributed by atoms with Gasteiger partial charge in [-0.3, -0.25) is 0 Å². The van der Waals surface area contributed by atoms with Crippen molar-refractivity contribution in [3.63, 3.8) is 0 Å². The maximum Gasteiger partial charge on any atom is 0.124 e. The number of nitrogens with one attached hydrogen (secondary N) is 1. The minimum Gasteiger partial charge on any atom is -0.384 e. The Labute approximate surface area is 111 Å². The van der Waals surface area contributed by atoms with Crippen molar-refractivity contribution in [2.75, 3.05) is 11.9 Å². The maximum atomic E-state index is 13.0. The van der Waals surface area contributed by atoms with E-state index in [1.807, 2.05) is 36.4 Å². The van der Waals surface area contributed by atoms with Crippen LogP contribution in [-0.2, 0) is 0 Å². The Morgan fingerprint density at radius 3 is 2.61 bits per heavy atom. The first kappa shape index (κ1) is 13.0. The summed E-state index contributed by atoms with van der Waals surface area (Å²) in [6.07, 6.45) is 0. The third-order valence-electron chi connectivity index (χ3n) is 2.50. The second-order valence-corrected chi connectivity index (χ2v) is 5.64. The zero-order valence-corrected chi connectivity index (χ0v) is 11.1. The van der Waals surface area contributed by atoms with Gasteiger partial charge in [0.15, 0.2) is 0 Å². The van der Waals surface area contributed by atoms with Gasteiger partial charge in [-0.05, 0) is 30.3 Å². The molecule has 3 heteroatoms. The number of halogens is 1. The molecule has 2 aromatic carbocycles. The van der Waals surface area contributed by atoms with Gasteiger partial charge in [-0.25, -0.2) is 4.39 Å². The minimum atomic E-state index is -0.178. The summed E-state index contributed by atoms with van der Waals surface area (Å²) in [5, 5.41) is 3.75. The van der Waals surface area contributed by atoms with Crippen molar-refractivity contribution in [3.8, 4) is 0 Å². The van der Waals surface area contributed by atoms with Gasteiger partial charge in [0.05, 0.1) is 0 Å². The fourth-order valence-corrected chi connectivity index (χ4v) is 2.60. The summed E-state index contributed by atoms with van der Waals surface area (Å²) in [5.74, 6) is -0.178. The normalized spacial score (nSPS) is 12.1. The molecule has 18 heavy (non-hydrogen) atoms. The zero-order valence-electron chi connectivity index (χ0n) is 10.3. The highest BCUT2D eigenvalue weighted by Crippen LogP contribution is 2.23. The Kier molecular flexibility index (Phi) is 4.65. The Hall–Kier alpha value is -1.48. The lowest BCUT2D eigenvalue weighted by atomic mass is 10.3. The van der Waals surface area contributed by atoms with Gasteiger partial charge in [0, 0.05) is 22.4 Å². The molecule has 0 aliphatic carbocycles. The molecule has 0 aliphatic heterocycles. The van der Waals surface area contributed by atoms with Crippen molar-refractivity contribution < 1.29 is 4.39 Å². The van der Waals surface area contributed by atoms with Gasteiger partial charge in [0.1, 0.15) is 5.82 Å². The highest BCUT2D eigenvalue weighted by Gasteiger charge is 2.05. The fourth-order valence-electron chi connectivity index (χ4n) is 1.63. The van der Waals surface area contributed by atoms with E-state index < -0.39 is 0 Å². The van der Waals surface area contributed by atoms with E-state index in [2.05, 4.69) is 12.2 Å². The van der Waals surface area contributed by atoms with Crippen LogP contribution in [0.4, 0.5) is 10.1 Å². The van der Waals surface area contributed by atoms with E-state index in [0.717, 1.165) is 17.1 Å². The number of benzene rings is 2. The molecule has 0 spiro atoms. The third kappa shape index (κ3) is 4.08. The predicted octanol–water partition coefficient (Wildman–Crippen LogP) is 4.42. The molecule has 0 radical (unpaired) electrons. The van der Waals surface area contributed by atoms with Crippen molar-refractivity contribution >= 4 is 17.4 Å². The van der Waals surface area contributed by atoms with Crippen LogP contribution in [0.3, 0.4) is 0 Å². The van der Waals surface area contributed by atoms with Gasteiger partial charge in [-0.2, -0.15) is 0 Å². The molecule has 0 saturated carbocycles. The number of anilines is 1. The van der Waals surface area contributed by atoms with Gasteiger partial charge < -0.3 is 5.32 Å². The van der Waals surface area contributed by atoms with E-state index in [1.165, 1.54) is 6.07 Å². The molecule has 0 aliphatic rings. The Morgan fingerprint density at radius 2 is 1.89 bits per heavy atom. The van der Waals surface area contributed by atoms with E-state index in [-0.39, 0.29) is 5.82 Å². The van der Waals surface area contributed by atoms with Crippen LogP contribution in [0.5, 0.6) is 0 Å². The smallest absolute Gasteiger partial charge is 0.124 e. The first-order chi connectivity index (χ1) is 8.74. The van der Waals surface area contributed by atoms with E-state index in [0.29, 0.717) is 5.25 Å². The van der Waals surface area contributed by atoms with Gasteiger partial charge in [0.2, 0.25) is 0 Å². The number of rotatable bonds is 5. The van der Waals surface area contributed by atoms with Crippen LogP contribution in [-0.4, -0.2) is 11.8 Å². The summed E-state index contributed by atoms with van der Waals surface area (Å²) < 4.78 is 13.0. The summed E-state index contributed by atoms with van der Waals surface area (Å²) >= 11 is 1.67. The van der Waals surface area contributed by atoms with Crippen molar-refractivity contribution in [3.05, 3.63) is 60.4 Å². The SMILES string of the molecule is CC(CNc1ccccc1)Sc1cccc(F)c1. The molecule has 2 rings (SSSR count). The minimum absolute atomic E-state index is 0.178. The molecular weight excluding hydrogens is 245 g/mol. The van der Waals surface area contributed by atoms with Crippen molar-refractivity contribution in [1.29, 1.82) is 0 Å². The largest absolute Gasteiger partial charge is 0.384 e. The zero-order chi connectivity index (χ0) is 12.8. The van der Waals surface area contributed by atoms with Crippen LogP contribution >= 0.6 is 11.8 Å². The first-order valence-corrected chi connectivity index (χ1v) is 6.83.